The number of rotatable bonds is 7. The van der Waals surface area contributed by atoms with Crippen LogP contribution in [0.5, 0.6) is 5.75 Å². The zero-order valence-electron chi connectivity index (χ0n) is 16.9. The van der Waals surface area contributed by atoms with Crippen molar-refractivity contribution in [2.75, 3.05) is 13.2 Å². The number of hydrogen-bond donors (Lipinski definition) is 1. The van der Waals surface area contributed by atoms with Crippen molar-refractivity contribution in [2.45, 2.75) is 45.6 Å². The molecule has 0 radical (unpaired) electrons. The number of H-pyrrole nitrogens is 1. The van der Waals surface area contributed by atoms with Crippen LogP contribution in [0.2, 0.25) is 5.02 Å². The number of ether oxygens (including phenoxy) is 1. The summed E-state index contributed by atoms with van der Waals surface area (Å²) in [6.45, 7) is 3.32. The highest BCUT2D eigenvalue weighted by Gasteiger charge is 2.40. The lowest BCUT2D eigenvalue weighted by atomic mass is 9.97. The van der Waals surface area contributed by atoms with Gasteiger partial charge in [-0.25, -0.2) is 17.6 Å². The van der Waals surface area contributed by atoms with Crippen LogP contribution in [-0.2, 0) is 13.0 Å². The predicted octanol–water partition coefficient (Wildman–Crippen LogP) is 4.51. The van der Waals surface area contributed by atoms with E-state index in [4.69, 9.17) is 16.3 Å². The summed E-state index contributed by atoms with van der Waals surface area (Å²) in [5, 5.41) is -0.0675. The first-order chi connectivity index (χ1) is 14.5. The largest absolute Gasteiger partial charge is 0.492 e. The second kappa shape index (κ2) is 8.90. The summed E-state index contributed by atoms with van der Waals surface area (Å²) in [6, 6.07) is 4.84. The van der Waals surface area contributed by atoms with Crippen LogP contribution in [0.25, 0.3) is 0 Å². The van der Waals surface area contributed by atoms with E-state index in [1.165, 1.54) is 11.0 Å². The molecule has 2 aromatic rings. The summed E-state index contributed by atoms with van der Waals surface area (Å²) >= 11 is 6.31. The molecular formula is C21H21ClF4N2O3. The number of fused-ring (bicyclic) bond motifs is 1. The Labute approximate surface area is 181 Å². The van der Waals surface area contributed by atoms with Crippen LogP contribution in [0.1, 0.15) is 39.2 Å². The molecule has 0 saturated carbocycles. The molecule has 0 fully saturated rings. The minimum absolute atomic E-state index is 0.0370. The summed E-state index contributed by atoms with van der Waals surface area (Å²) in [7, 11) is 0. The number of carbonyl (C=O) groups is 1. The van der Waals surface area contributed by atoms with Crippen LogP contribution in [-0.4, -0.2) is 41.3 Å². The Kier molecular flexibility index (Phi) is 6.64. The molecule has 1 aliphatic rings. The summed E-state index contributed by atoms with van der Waals surface area (Å²) in [5.74, 6) is -4.63. The second-order valence-electron chi connectivity index (χ2n) is 7.49. The molecule has 5 nitrogen and oxygen atoms in total. The van der Waals surface area contributed by atoms with Gasteiger partial charge in [0, 0.05) is 17.8 Å². The van der Waals surface area contributed by atoms with E-state index in [9.17, 15) is 27.2 Å². The number of amides is 1. The first-order valence-electron chi connectivity index (χ1n) is 9.60. The van der Waals surface area contributed by atoms with Gasteiger partial charge in [-0.05, 0) is 43.5 Å². The third-order valence-corrected chi connectivity index (χ3v) is 5.58. The van der Waals surface area contributed by atoms with Crippen molar-refractivity contribution < 1.29 is 27.1 Å². The van der Waals surface area contributed by atoms with E-state index in [1.807, 2.05) is 6.07 Å². The normalized spacial score (nSPS) is 14.2. The third kappa shape index (κ3) is 4.87. The van der Waals surface area contributed by atoms with Gasteiger partial charge in [0.25, 0.3) is 11.5 Å². The standard InChI is InChI=1S/C21H21ClF4N2O3/c1-11-9-12(2)27-18(29)14(11)10-28-7-5-13-3-4-15(17(22)16(13)19(28)30)31-8-6-21(25,26)20(23)24/h3-4,9,20H,5-8,10H2,1-2H3,(H,27,29). The summed E-state index contributed by atoms with van der Waals surface area (Å²) in [4.78, 5) is 29.6. The number of pyridine rings is 1. The highest BCUT2D eigenvalue weighted by Crippen LogP contribution is 2.35. The highest BCUT2D eigenvalue weighted by atomic mass is 35.5. The fourth-order valence-corrected chi connectivity index (χ4v) is 3.81. The van der Waals surface area contributed by atoms with Gasteiger partial charge >= 0.3 is 12.3 Å². The fraction of sp³-hybridized carbons (Fsp3) is 0.429. The molecule has 0 saturated heterocycles. The fourth-order valence-electron chi connectivity index (χ4n) is 3.49. The van der Waals surface area contributed by atoms with Crippen molar-refractivity contribution in [1.82, 2.24) is 9.88 Å². The molecule has 1 N–H and O–H groups in total. The van der Waals surface area contributed by atoms with Crippen molar-refractivity contribution >= 4 is 17.5 Å². The molecular weight excluding hydrogens is 440 g/mol. The van der Waals surface area contributed by atoms with Gasteiger partial charge in [0.1, 0.15) is 5.75 Å². The number of aromatic nitrogens is 1. The minimum atomic E-state index is -4.17. The van der Waals surface area contributed by atoms with Crippen molar-refractivity contribution in [1.29, 1.82) is 0 Å². The Balaban J connectivity index is 1.80. The molecule has 3 rings (SSSR count). The molecule has 168 valence electrons. The average molecular weight is 461 g/mol. The van der Waals surface area contributed by atoms with E-state index in [2.05, 4.69) is 4.98 Å². The van der Waals surface area contributed by atoms with Crippen LogP contribution in [0.3, 0.4) is 0 Å². The lowest BCUT2D eigenvalue weighted by Gasteiger charge is -2.30. The quantitative estimate of drug-likeness (QED) is 0.618. The number of alkyl halides is 4. The van der Waals surface area contributed by atoms with Gasteiger partial charge in [-0.1, -0.05) is 17.7 Å². The van der Waals surface area contributed by atoms with Crippen LogP contribution in [0.4, 0.5) is 17.6 Å². The second-order valence-corrected chi connectivity index (χ2v) is 7.87. The molecule has 10 heteroatoms. The van der Waals surface area contributed by atoms with Gasteiger partial charge in [0.05, 0.1) is 30.2 Å². The zero-order valence-corrected chi connectivity index (χ0v) is 17.7. The zero-order chi connectivity index (χ0) is 22.9. The van der Waals surface area contributed by atoms with Crippen LogP contribution < -0.4 is 10.3 Å². The maximum absolute atomic E-state index is 13.1. The molecule has 31 heavy (non-hydrogen) atoms. The smallest absolute Gasteiger partial charge is 0.310 e. The number of nitrogens with zero attached hydrogens (tertiary/aromatic N) is 1. The lowest BCUT2D eigenvalue weighted by molar-refractivity contribution is -0.137. The van der Waals surface area contributed by atoms with Crippen LogP contribution >= 0.6 is 11.6 Å². The molecule has 1 amide bonds. The Morgan fingerprint density at radius 1 is 1.26 bits per heavy atom. The average Bonchev–Trinajstić information content (AvgIpc) is 2.67. The maximum atomic E-state index is 13.1. The number of aryl methyl sites for hydroxylation is 2. The lowest BCUT2D eigenvalue weighted by Crippen LogP contribution is -2.39. The van der Waals surface area contributed by atoms with Crippen LogP contribution in [0.15, 0.2) is 23.0 Å². The van der Waals surface area contributed by atoms with Crippen LogP contribution in [0, 0.1) is 13.8 Å². The van der Waals surface area contributed by atoms with Crippen molar-refractivity contribution in [2.24, 2.45) is 0 Å². The predicted molar refractivity (Wildman–Crippen MR) is 107 cm³/mol. The van der Waals surface area contributed by atoms with E-state index in [0.717, 1.165) is 5.56 Å². The number of nitrogens with one attached hydrogen (secondary N) is 1. The van der Waals surface area contributed by atoms with Gasteiger partial charge in [-0.2, -0.15) is 0 Å². The first kappa shape index (κ1) is 23.1. The van der Waals surface area contributed by atoms with Gasteiger partial charge in [-0.3, -0.25) is 9.59 Å². The Morgan fingerprint density at radius 3 is 2.61 bits per heavy atom. The summed E-state index contributed by atoms with van der Waals surface area (Å²) in [5.41, 5.74) is 2.46. The number of carbonyl (C=O) groups excluding carboxylic acids is 1. The molecule has 0 aliphatic carbocycles. The number of halogens is 5. The SMILES string of the molecule is Cc1cc(C)c(CN2CCc3ccc(OCCC(F)(F)C(F)F)c(Cl)c3C2=O)c(=O)[nH]1. The van der Waals surface area contributed by atoms with Gasteiger partial charge in [0.2, 0.25) is 0 Å². The number of aromatic amines is 1. The van der Waals surface area contributed by atoms with E-state index >= 15 is 0 Å². The van der Waals surface area contributed by atoms with E-state index in [-0.39, 0.29) is 28.4 Å². The Morgan fingerprint density at radius 2 is 1.97 bits per heavy atom. The van der Waals surface area contributed by atoms with E-state index in [1.54, 1.807) is 19.9 Å². The van der Waals surface area contributed by atoms with E-state index in [0.29, 0.717) is 29.8 Å². The Hall–Kier alpha value is -2.55. The summed E-state index contributed by atoms with van der Waals surface area (Å²) in [6.07, 6.45) is -4.50. The number of hydrogen-bond acceptors (Lipinski definition) is 3. The van der Waals surface area contributed by atoms with E-state index < -0.39 is 31.3 Å². The van der Waals surface area contributed by atoms with Gasteiger partial charge in [0.15, 0.2) is 0 Å². The molecule has 0 spiro atoms. The number of benzene rings is 1. The van der Waals surface area contributed by atoms with Crippen molar-refractivity contribution in [3.63, 3.8) is 0 Å². The molecule has 0 unspecified atom stereocenters. The van der Waals surface area contributed by atoms with Gasteiger partial charge < -0.3 is 14.6 Å². The van der Waals surface area contributed by atoms with Crippen molar-refractivity contribution in [3.05, 3.63) is 61.5 Å². The molecule has 0 bridgehead atoms. The monoisotopic (exact) mass is 460 g/mol. The molecule has 1 aromatic carbocycles. The molecule has 0 atom stereocenters. The minimum Gasteiger partial charge on any atom is -0.492 e. The third-order valence-electron chi connectivity index (χ3n) is 5.20. The highest BCUT2D eigenvalue weighted by molar-refractivity contribution is 6.35. The maximum Gasteiger partial charge on any atom is 0.310 e. The Bertz CT molecular complexity index is 1060. The summed E-state index contributed by atoms with van der Waals surface area (Å²) < 4.78 is 55.9. The van der Waals surface area contributed by atoms with Gasteiger partial charge in [-0.15, -0.1) is 0 Å². The van der Waals surface area contributed by atoms with Crippen molar-refractivity contribution in [3.8, 4) is 5.75 Å². The molecule has 1 aliphatic heterocycles. The molecule has 2 heterocycles. The topological polar surface area (TPSA) is 62.4 Å². The first-order valence-corrected chi connectivity index (χ1v) is 9.98. The molecule has 1 aromatic heterocycles.